The Morgan fingerprint density at radius 1 is 1.20 bits per heavy atom. The molecule has 1 fully saturated rings. The molecule has 3 aromatic rings. The van der Waals surface area contributed by atoms with Crippen LogP contribution >= 0.6 is 0 Å². The largest absolute Gasteiger partial charge is 0.444 e. The summed E-state index contributed by atoms with van der Waals surface area (Å²) in [4.78, 5) is 26.2. The average molecular weight is 478 g/mol. The molecule has 0 aliphatic carbocycles. The van der Waals surface area contributed by atoms with E-state index in [0.29, 0.717) is 12.2 Å². The van der Waals surface area contributed by atoms with Gasteiger partial charge in [-0.05, 0) is 63.5 Å². The smallest absolute Gasteiger partial charge is 0.407 e. The van der Waals surface area contributed by atoms with Crippen LogP contribution in [0.25, 0.3) is 11.2 Å². The lowest BCUT2D eigenvalue weighted by molar-refractivity contribution is 0.0495. The summed E-state index contributed by atoms with van der Waals surface area (Å²) in [6.45, 7) is 11.1. The van der Waals surface area contributed by atoms with Crippen molar-refractivity contribution in [3.63, 3.8) is 0 Å². The van der Waals surface area contributed by atoms with Crippen LogP contribution < -0.4 is 15.1 Å². The molecule has 2 N–H and O–H groups in total. The third kappa shape index (κ3) is 5.04. The van der Waals surface area contributed by atoms with Gasteiger partial charge >= 0.3 is 6.09 Å². The highest BCUT2D eigenvalue weighted by Crippen LogP contribution is 2.36. The number of carbonyl (C=O) groups excluding carboxylic acids is 1. The van der Waals surface area contributed by atoms with Crippen molar-refractivity contribution in [3.8, 4) is 0 Å². The molecule has 0 saturated carbocycles. The quantitative estimate of drug-likeness (QED) is 0.568. The molecule has 186 valence electrons. The lowest BCUT2D eigenvalue weighted by atomic mass is 9.80. The topological polar surface area (TPSA) is 99.3 Å². The van der Waals surface area contributed by atoms with Crippen LogP contribution in [0.1, 0.15) is 52.5 Å². The van der Waals surface area contributed by atoms with E-state index < -0.39 is 5.60 Å². The number of H-pyrrole nitrogens is 1. The maximum absolute atomic E-state index is 12.1. The number of amides is 1. The minimum Gasteiger partial charge on any atom is -0.444 e. The van der Waals surface area contributed by atoms with Crippen molar-refractivity contribution in [2.75, 3.05) is 36.0 Å². The Morgan fingerprint density at radius 3 is 2.74 bits per heavy atom. The van der Waals surface area contributed by atoms with E-state index in [-0.39, 0.29) is 11.5 Å². The van der Waals surface area contributed by atoms with Crippen LogP contribution in [0.15, 0.2) is 30.5 Å². The zero-order valence-electron chi connectivity index (χ0n) is 21.1. The highest BCUT2D eigenvalue weighted by molar-refractivity contribution is 5.87. The number of aryl methyl sites for hydroxylation is 1. The lowest BCUT2D eigenvalue weighted by Gasteiger charge is -2.40. The van der Waals surface area contributed by atoms with Crippen LogP contribution in [0.2, 0.25) is 0 Å². The molecule has 9 heteroatoms. The monoisotopic (exact) mass is 477 g/mol. The molecule has 0 atom stereocenters. The first kappa shape index (κ1) is 23.4. The Labute approximate surface area is 206 Å². The first-order valence-electron chi connectivity index (χ1n) is 12.5. The van der Waals surface area contributed by atoms with Crippen LogP contribution in [-0.4, -0.2) is 58.0 Å². The van der Waals surface area contributed by atoms with Gasteiger partial charge in [-0.15, -0.1) is 0 Å². The minimum atomic E-state index is -0.490. The molecule has 2 aliphatic heterocycles. The Balaban J connectivity index is 1.25. The summed E-state index contributed by atoms with van der Waals surface area (Å²) in [5, 5.41) is 10.7. The number of carbonyl (C=O) groups is 1. The molecule has 1 amide bonds. The van der Waals surface area contributed by atoms with Gasteiger partial charge < -0.3 is 19.9 Å². The van der Waals surface area contributed by atoms with E-state index in [2.05, 4.69) is 56.5 Å². The van der Waals surface area contributed by atoms with Gasteiger partial charge in [0.15, 0.2) is 17.0 Å². The summed E-state index contributed by atoms with van der Waals surface area (Å²) in [6.07, 6.45) is 5.57. The summed E-state index contributed by atoms with van der Waals surface area (Å²) in [5.41, 5.74) is 3.59. The zero-order valence-corrected chi connectivity index (χ0v) is 21.1. The van der Waals surface area contributed by atoms with Crippen molar-refractivity contribution in [1.82, 2.24) is 25.5 Å². The normalized spacial score (nSPS) is 17.8. The molecule has 35 heavy (non-hydrogen) atoms. The first-order chi connectivity index (χ1) is 16.7. The summed E-state index contributed by atoms with van der Waals surface area (Å²) >= 11 is 0. The second-order valence-corrected chi connectivity index (χ2v) is 11.0. The molecule has 0 radical (unpaired) electrons. The number of anilines is 3. The zero-order chi connectivity index (χ0) is 24.6. The van der Waals surface area contributed by atoms with Crippen LogP contribution in [0.4, 0.5) is 22.1 Å². The SMILES string of the molecule is CC1(CNC(=O)OC(C)(C)C)CCN(c2cnc3c(N4CCCc5ccccc54)n[nH]c3n2)CC1. The van der Waals surface area contributed by atoms with Crippen molar-refractivity contribution >= 4 is 34.6 Å². The molecule has 4 heterocycles. The maximum atomic E-state index is 12.1. The number of hydrogen-bond donors (Lipinski definition) is 2. The number of benzene rings is 1. The van der Waals surface area contributed by atoms with Crippen molar-refractivity contribution < 1.29 is 9.53 Å². The number of para-hydroxylation sites is 1. The fourth-order valence-electron chi connectivity index (χ4n) is 4.93. The van der Waals surface area contributed by atoms with E-state index in [0.717, 1.165) is 62.5 Å². The Morgan fingerprint density at radius 2 is 1.97 bits per heavy atom. The second-order valence-electron chi connectivity index (χ2n) is 11.0. The number of rotatable bonds is 4. The van der Waals surface area contributed by atoms with E-state index in [4.69, 9.17) is 14.7 Å². The number of nitrogens with one attached hydrogen (secondary N) is 2. The van der Waals surface area contributed by atoms with Crippen molar-refractivity contribution in [1.29, 1.82) is 0 Å². The molecule has 1 aromatic carbocycles. The molecular formula is C26H35N7O2. The number of aromatic nitrogens is 4. The number of piperidine rings is 1. The molecule has 0 unspecified atom stereocenters. The highest BCUT2D eigenvalue weighted by Gasteiger charge is 2.32. The van der Waals surface area contributed by atoms with E-state index in [1.807, 2.05) is 27.0 Å². The highest BCUT2D eigenvalue weighted by atomic mass is 16.6. The van der Waals surface area contributed by atoms with Crippen molar-refractivity contribution in [2.45, 2.75) is 59.0 Å². The molecule has 2 aliphatic rings. The molecule has 5 rings (SSSR count). The fraction of sp³-hybridized carbons (Fsp3) is 0.538. The van der Waals surface area contributed by atoms with Gasteiger partial charge in [0.25, 0.3) is 0 Å². The lowest BCUT2D eigenvalue weighted by Crippen LogP contribution is -2.46. The number of ether oxygens (including phenoxy) is 1. The number of aromatic amines is 1. The van der Waals surface area contributed by atoms with Crippen LogP contribution in [0.3, 0.4) is 0 Å². The number of nitrogens with zero attached hydrogens (tertiary/aromatic N) is 5. The molecule has 0 bridgehead atoms. The third-order valence-electron chi connectivity index (χ3n) is 6.96. The van der Waals surface area contributed by atoms with Gasteiger partial charge in [-0.2, -0.15) is 5.10 Å². The Kier molecular flexibility index (Phi) is 6.02. The van der Waals surface area contributed by atoms with Gasteiger partial charge in [-0.1, -0.05) is 25.1 Å². The van der Waals surface area contributed by atoms with Gasteiger partial charge in [0, 0.05) is 31.9 Å². The van der Waals surface area contributed by atoms with Gasteiger partial charge in [0.2, 0.25) is 0 Å². The summed E-state index contributed by atoms with van der Waals surface area (Å²) in [6, 6.07) is 8.50. The predicted octanol–water partition coefficient (Wildman–Crippen LogP) is 4.57. The van der Waals surface area contributed by atoms with Gasteiger partial charge in [0.1, 0.15) is 11.4 Å². The predicted molar refractivity (Wildman–Crippen MR) is 137 cm³/mol. The maximum Gasteiger partial charge on any atom is 0.407 e. The fourth-order valence-corrected chi connectivity index (χ4v) is 4.93. The van der Waals surface area contributed by atoms with E-state index in [9.17, 15) is 4.79 Å². The standard InChI is InChI=1S/C26H35N7O2/c1-25(2,3)35-24(34)28-17-26(4)11-14-32(15-12-26)20-16-27-21-22(29-20)30-31-23(21)33-13-7-9-18-8-5-6-10-19(18)33/h5-6,8,10,16H,7,9,11-15,17H2,1-4H3,(H,28,34)(H,29,30,31). The van der Waals surface area contributed by atoms with Gasteiger partial charge in [-0.3, -0.25) is 5.10 Å². The van der Waals surface area contributed by atoms with E-state index in [1.165, 1.54) is 11.3 Å². The number of alkyl carbamates (subject to hydrolysis) is 1. The molecular weight excluding hydrogens is 442 g/mol. The number of hydrogen-bond acceptors (Lipinski definition) is 7. The average Bonchev–Trinajstić information content (AvgIpc) is 3.25. The van der Waals surface area contributed by atoms with Gasteiger partial charge in [-0.25, -0.2) is 14.8 Å². The molecule has 1 saturated heterocycles. The Bertz CT molecular complexity index is 1210. The van der Waals surface area contributed by atoms with Crippen LogP contribution in [0.5, 0.6) is 0 Å². The van der Waals surface area contributed by atoms with Crippen molar-refractivity contribution in [3.05, 3.63) is 36.0 Å². The summed E-state index contributed by atoms with van der Waals surface area (Å²) < 4.78 is 5.38. The Hall–Kier alpha value is -3.36. The number of fused-ring (bicyclic) bond motifs is 2. The van der Waals surface area contributed by atoms with Gasteiger partial charge in [0.05, 0.1) is 6.20 Å². The van der Waals surface area contributed by atoms with Crippen LogP contribution in [0, 0.1) is 5.41 Å². The van der Waals surface area contributed by atoms with Crippen molar-refractivity contribution in [2.24, 2.45) is 5.41 Å². The second kappa shape index (κ2) is 9.02. The molecule has 0 spiro atoms. The third-order valence-corrected chi connectivity index (χ3v) is 6.96. The van der Waals surface area contributed by atoms with E-state index >= 15 is 0 Å². The molecule has 9 nitrogen and oxygen atoms in total. The van der Waals surface area contributed by atoms with Crippen LogP contribution in [-0.2, 0) is 11.2 Å². The van der Waals surface area contributed by atoms with E-state index in [1.54, 1.807) is 0 Å². The first-order valence-corrected chi connectivity index (χ1v) is 12.5. The summed E-state index contributed by atoms with van der Waals surface area (Å²) in [7, 11) is 0. The summed E-state index contributed by atoms with van der Waals surface area (Å²) in [5.74, 6) is 1.69. The minimum absolute atomic E-state index is 0.0216. The molecule has 2 aromatic heterocycles.